The van der Waals surface area contributed by atoms with Gasteiger partial charge in [-0.1, -0.05) is 38.8 Å². The molecule has 2 nitrogen and oxygen atoms in total. The second kappa shape index (κ2) is 6.77. The molecule has 0 saturated carbocycles. The number of alkyl halides is 1. The molecule has 1 unspecified atom stereocenters. The van der Waals surface area contributed by atoms with Crippen molar-refractivity contribution in [2.75, 3.05) is 11.9 Å². The molecule has 0 aliphatic carbocycles. The van der Waals surface area contributed by atoms with Crippen molar-refractivity contribution in [3.8, 4) is 0 Å². The molecule has 1 N–H and O–H groups in total. The second-order valence-corrected chi connectivity index (χ2v) is 6.01. The summed E-state index contributed by atoms with van der Waals surface area (Å²) in [6.07, 6.45) is 0. The maximum Gasteiger partial charge on any atom is 0.252 e. The summed E-state index contributed by atoms with van der Waals surface area (Å²) in [5.41, 5.74) is 0.657. The van der Waals surface area contributed by atoms with Gasteiger partial charge in [0, 0.05) is 20.8 Å². The molecule has 1 rings (SSSR count). The van der Waals surface area contributed by atoms with Gasteiger partial charge in [-0.25, -0.2) is 0 Å². The fourth-order valence-electron chi connectivity index (χ4n) is 1.09. The number of carbonyl (C=O) groups excluding carboxylic acids is 1. The maximum atomic E-state index is 11.8. The summed E-state index contributed by atoms with van der Waals surface area (Å²) in [6.45, 7) is 2.75. The van der Waals surface area contributed by atoms with Gasteiger partial charge in [-0.2, -0.15) is 0 Å². The topological polar surface area (TPSA) is 29.1 Å². The zero-order valence-corrected chi connectivity index (χ0v) is 13.5. The molecule has 0 aliphatic heterocycles. The van der Waals surface area contributed by atoms with E-state index >= 15 is 0 Å². The lowest BCUT2D eigenvalue weighted by Crippen LogP contribution is -2.29. The van der Waals surface area contributed by atoms with E-state index in [0.29, 0.717) is 18.0 Å². The SMILES string of the molecule is CC(CBr)CNC(=O)c1ccc(Br)cc1Br. The van der Waals surface area contributed by atoms with Gasteiger partial charge in [-0.05, 0) is 40.0 Å². The number of halogens is 3. The van der Waals surface area contributed by atoms with E-state index in [0.717, 1.165) is 14.3 Å². The van der Waals surface area contributed by atoms with E-state index in [1.165, 1.54) is 0 Å². The van der Waals surface area contributed by atoms with Crippen molar-refractivity contribution in [1.29, 1.82) is 0 Å². The Kier molecular flexibility index (Phi) is 6.00. The first-order valence-electron chi connectivity index (χ1n) is 4.83. The van der Waals surface area contributed by atoms with Gasteiger partial charge in [0.05, 0.1) is 5.56 Å². The number of nitrogens with one attached hydrogen (secondary N) is 1. The molecule has 0 heterocycles. The average molecular weight is 414 g/mol. The highest BCUT2D eigenvalue weighted by Crippen LogP contribution is 2.21. The Balaban J connectivity index is 2.66. The number of carbonyl (C=O) groups is 1. The van der Waals surface area contributed by atoms with Gasteiger partial charge in [0.25, 0.3) is 5.91 Å². The first kappa shape index (κ1) is 14.2. The molecule has 0 radical (unpaired) electrons. The van der Waals surface area contributed by atoms with Crippen molar-refractivity contribution < 1.29 is 4.79 Å². The lowest BCUT2D eigenvalue weighted by molar-refractivity contribution is 0.0948. The smallest absolute Gasteiger partial charge is 0.252 e. The highest BCUT2D eigenvalue weighted by Gasteiger charge is 2.10. The van der Waals surface area contributed by atoms with Gasteiger partial charge in [0.1, 0.15) is 0 Å². The van der Waals surface area contributed by atoms with E-state index in [4.69, 9.17) is 0 Å². The Labute approximate surface area is 121 Å². The van der Waals surface area contributed by atoms with Gasteiger partial charge in [-0.15, -0.1) is 0 Å². The van der Waals surface area contributed by atoms with Crippen LogP contribution in [0, 0.1) is 5.92 Å². The van der Waals surface area contributed by atoms with Crippen molar-refractivity contribution in [1.82, 2.24) is 5.32 Å². The molecule has 0 bridgehead atoms. The Morgan fingerprint density at radius 1 is 1.44 bits per heavy atom. The number of hydrogen-bond donors (Lipinski definition) is 1. The Morgan fingerprint density at radius 2 is 2.12 bits per heavy atom. The van der Waals surface area contributed by atoms with Gasteiger partial charge in [0.15, 0.2) is 0 Å². The highest BCUT2D eigenvalue weighted by molar-refractivity contribution is 9.11. The molecule has 0 spiro atoms. The summed E-state index contributed by atoms with van der Waals surface area (Å²) >= 11 is 10.1. The third kappa shape index (κ3) is 4.18. The second-order valence-electron chi connectivity index (χ2n) is 3.59. The third-order valence-corrected chi connectivity index (χ3v) is 4.30. The minimum absolute atomic E-state index is 0.0489. The number of rotatable bonds is 4. The predicted molar refractivity (Wildman–Crippen MR) is 77.1 cm³/mol. The van der Waals surface area contributed by atoms with Crippen LogP contribution in [-0.2, 0) is 0 Å². The normalized spacial score (nSPS) is 12.2. The van der Waals surface area contributed by atoms with E-state index in [1.54, 1.807) is 6.07 Å². The standard InChI is InChI=1S/C11H12Br3NO/c1-7(5-12)6-15-11(16)9-3-2-8(13)4-10(9)14/h2-4,7H,5-6H2,1H3,(H,15,16). The summed E-state index contributed by atoms with van der Waals surface area (Å²) in [5, 5.41) is 3.78. The van der Waals surface area contributed by atoms with Crippen LogP contribution in [0.1, 0.15) is 17.3 Å². The Bertz CT molecular complexity index is 381. The van der Waals surface area contributed by atoms with Gasteiger partial charge in [-0.3, -0.25) is 4.79 Å². The number of amides is 1. The minimum Gasteiger partial charge on any atom is -0.352 e. The van der Waals surface area contributed by atoms with Crippen LogP contribution in [0.3, 0.4) is 0 Å². The van der Waals surface area contributed by atoms with Crippen LogP contribution < -0.4 is 5.32 Å². The van der Waals surface area contributed by atoms with E-state index in [2.05, 4.69) is 60.0 Å². The molecule has 1 aromatic carbocycles. The van der Waals surface area contributed by atoms with E-state index in [9.17, 15) is 4.79 Å². The fourth-order valence-corrected chi connectivity index (χ4v) is 2.55. The maximum absolute atomic E-state index is 11.8. The third-order valence-electron chi connectivity index (χ3n) is 2.05. The lowest BCUT2D eigenvalue weighted by atomic mass is 10.2. The van der Waals surface area contributed by atoms with Crippen LogP contribution in [0.15, 0.2) is 27.1 Å². The first-order valence-corrected chi connectivity index (χ1v) is 7.54. The predicted octanol–water partition coefficient (Wildman–Crippen LogP) is 3.97. The molecular formula is C11H12Br3NO. The van der Waals surface area contributed by atoms with Gasteiger partial charge in [0.2, 0.25) is 0 Å². The summed E-state index contributed by atoms with van der Waals surface area (Å²) in [5.74, 6) is 0.380. The van der Waals surface area contributed by atoms with Crippen LogP contribution in [0.4, 0.5) is 0 Å². The molecule has 88 valence electrons. The Morgan fingerprint density at radius 3 is 2.69 bits per heavy atom. The molecule has 0 aromatic heterocycles. The molecule has 1 aromatic rings. The van der Waals surface area contributed by atoms with Crippen molar-refractivity contribution in [3.05, 3.63) is 32.7 Å². The summed E-state index contributed by atoms with van der Waals surface area (Å²) < 4.78 is 1.75. The first-order chi connectivity index (χ1) is 7.54. The van der Waals surface area contributed by atoms with E-state index in [-0.39, 0.29) is 5.91 Å². The van der Waals surface area contributed by atoms with Crippen LogP contribution in [-0.4, -0.2) is 17.8 Å². The summed E-state index contributed by atoms with van der Waals surface area (Å²) in [7, 11) is 0. The monoisotopic (exact) mass is 411 g/mol. The molecule has 0 fully saturated rings. The number of benzene rings is 1. The molecule has 0 saturated heterocycles. The van der Waals surface area contributed by atoms with Crippen molar-refractivity contribution in [2.45, 2.75) is 6.92 Å². The highest BCUT2D eigenvalue weighted by atomic mass is 79.9. The van der Waals surface area contributed by atoms with Crippen molar-refractivity contribution >= 4 is 53.7 Å². The van der Waals surface area contributed by atoms with E-state index in [1.807, 2.05) is 12.1 Å². The molecule has 1 amide bonds. The molecular weight excluding hydrogens is 402 g/mol. The summed E-state index contributed by atoms with van der Waals surface area (Å²) in [4.78, 5) is 11.8. The zero-order chi connectivity index (χ0) is 12.1. The van der Waals surface area contributed by atoms with Gasteiger partial charge >= 0.3 is 0 Å². The summed E-state index contributed by atoms with van der Waals surface area (Å²) in [6, 6.07) is 5.51. The lowest BCUT2D eigenvalue weighted by Gasteiger charge is -2.10. The van der Waals surface area contributed by atoms with Crippen LogP contribution in [0.5, 0.6) is 0 Å². The van der Waals surface area contributed by atoms with Crippen LogP contribution in [0.2, 0.25) is 0 Å². The molecule has 0 aliphatic rings. The fraction of sp³-hybridized carbons (Fsp3) is 0.364. The zero-order valence-electron chi connectivity index (χ0n) is 8.77. The van der Waals surface area contributed by atoms with E-state index < -0.39 is 0 Å². The van der Waals surface area contributed by atoms with Crippen molar-refractivity contribution in [3.63, 3.8) is 0 Å². The molecule has 1 atom stereocenters. The minimum atomic E-state index is -0.0489. The average Bonchev–Trinajstić information content (AvgIpc) is 2.25. The Hall–Kier alpha value is 0.130. The van der Waals surface area contributed by atoms with Crippen molar-refractivity contribution in [2.24, 2.45) is 5.92 Å². The van der Waals surface area contributed by atoms with Crippen LogP contribution in [0.25, 0.3) is 0 Å². The largest absolute Gasteiger partial charge is 0.352 e. The van der Waals surface area contributed by atoms with Gasteiger partial charge < -0.3 is 5.32 Å². The quantitative estimate of drug-likeness (QED) is 0.743. The van der Waals surface area contributed by atoms with Crippen LogP contribution >= 0.6 is 47.8 Å². The number of hydrogen-bond acceptors (Lipinski definition) is 1. The molecule has 16 heavy (non-hydrogen) atoms. The molecule has 5 heteroatoms.